The van der Waals surface area contributed by atoms with Gasteiger partial charge in [0.25, 0.3) is 0 Å². The van der Waals surface area contributed by atoms with Crippen LogP contribution in [-0.4, -0.2) is 14.9 Å². The molecule has 1 aromatic carbocycles. The van der Waals surface area contributed by atoms with Crippen LogP contribution in [0.15, 0.2) is 24.3 Å². The number of aromatic hydroxyl groups is 1. The quantitative estimate of drug-likeness (QED) is 0.845. The lowest BCUT2D eigenvalue weighted by molar-refractivity contribution is 0.465. The van der Waals surface area contributed by atoms with Gasteiger partial charge in [0.15, 0.2) is 5.75 Å². The molecule has 0 unspecified atom stereocenters. The van der Waals surface area contributed by atoms with Crippen LogP contribution in [0.3, 0.4) is 0 Å². The van der Waals surface area contributed by atoms with E-state index in [1.807, 2.05) is 16.8 Å². The summed E-state index contributed by atoms with van der Waals surface area (Å²) in [5, 5.41) is 15.3. The van der Waals surface area contributed by atoms with Crippen molar-refractivity contribution < 1.29 is 5.11 Å². The van der Waals surface area contributed by atoms with Crippen LogP contribution in [0.25, 0.3) is 11.3 Å². The molecular formula is C18H26N2O. The van der Waals surface area contributed by atoms with E-state index in [-0.39, 0.29) is 0 Å². The molecule has 0 aliphatic rings. The van der Waals surface area contributed by atoms with Gasteiger partial charge in [-0.05, 0) is 31.2 Å². The Balaban J connectivity index is 2.51. The maximum Gasteiger partial charge on any atom is 0.164 e. The Morgan fingerprint density at radius 2 is 1.95 bits per heavy atom. The van der Waals surface area contributed by atoms with E-state index in [0.29, 0.717) is 11.7 Å². The van der Waals surface area contributed by atoms with Gasteiger partial charge in [-0.1, -0.05) is 51.5 Å². The number of nitrogens with zero attached hydrogens (tertiary/aromatic N) is 2. The summed E-state index contributed by atoms with van der Waals surface area (Å²) in [6.45, 7) is 9.40. The van der Waals surface area contributed by atoms with Crippen LogP contribution in [0.4, 0.5) is 0 Å². The van der Waals surface area contributed by atoms with Crippen molar-refractivity contribution in [2.45, 2.75) is 53.5 Å². The van der Waals surface area contributed by atoms with Gasteiger partial charge in [0.2, 0.25) is 0 Å². The van der Waals surface area contributed by atoms with E-state index >= 15 is 0 Å². The van der Waals surface area contributed by atoms with Crippen LogP contribution in [0.2, 0.25) is 0 Å². The molecule has 21 heavy (non-hydrogen) atoms. The van der Waals surface area contributed by atoms with Crippen molar-refractivity contribution >= 4 is 0 Å². The number of aryl methyl sites for hydroxylation is 2. The highest BCUT2D eigenvalue weighted by Crippen LogP contribution is 2.35. The first kappa shape index (κ1) is 15.6. The fourth-order valence-electron chi connectivity index (χ4n) is 2.60. The minimum atomic E-state index is 0.360. The standard InChI is InChI=1S/C18H26N2O/c1-5-6-11-16-18(21)17(20(19-16)12-13(2)3)15-10-8-7-9-14(15)4/h7-10,13,21H,5-6,11-12H2,1-4H3. The van der Waals surface area contributed by atoms with Gasteiger partial charge in [0.1, 0.15) is 11.4 Å². The number of aromatic nitrogens is 2. The van der Waals surface area contributed by atoms with Crippen molar-refractivity contribution in [3.05, 3.63) is 35.5 Å². The summed E-state index contributed by atoms with van der Waals surface area (Å²) in [7, 11) is 0. The molecule has 1 aromatic heterocycles. The maximum absolute atomic E-state index is 10.6. The van der Waals surface area contributed by atoms with Gasteiger partial charge in [0.05, 0.1) is 0 Å². The second-order valence-corrected chi connectivity index (χ2v) is 6.14. The van der Waals surface area contributed by atoms with Crippen LogP contribution in [0.5, 0.6) is 5.75 Å². The van der Waals surface area contributed by atoms with Gasteiger partial charge in [-0.3, -0.25) is 4.68 Å². The van der Waals surface area contributed by atoms with E-state index in [2.05, 4.69) is 44.9 Å². The van der Waals surface area contributed by atoms with Gasteiger partial charge >= 0.3 is 0 Å². The van der Waals surface area contributed by atoms with E-state index in [1.165, 1.54) is 5.56 Å². The first-order valence-electron chi connectivity index (χ1n) is 7.89. The zero-order valence-electron chi connectivity index (χ0n) is 13.6. The van der Waals surface area contributed by atoms with Crippen LogP contribution < -0.4 is 0 Å². The lowest BCUT2D eigenvalue weighted by Crippen LogP contribution is -2.08. The summed E-state index contributed by atoms with van der Waals surface area (Å²) in [5.74, 6) is 0.851. The molecule has 0 saturated heterocycles. The summed E-state index contributed by atoms with van der Waals surface area (Å²) < 4.78 is 1.98. The average Bonchev–Trinajstić information content (AvgIpc) is 2.73. The van der Waals surface area contributed by atoms with Crippen molar-refractivity contribution in [2.24, 2.45) is 5.92 Å². The Kier molecular flexibility index (Phi) is 5.05. The fraction of sp³-hybridized carbons (Fsp3) is 0.500. The molecule has 0 spiro atoms. The maximum atomic E-state index is 10.6. The molecule has 0 radical (unpaired) electrons. The predicted octanol–water partition coefficient (Wildman–Crippen LogP) is 4.56. The first-order valence-corrected chi connectivity index (χ1v) is 7.89. The van der Waals surface area contributed by atoms with Crippen LogP contribution >= 0.6 is 0 Å². The minimum Gasteiger partial charge on any atom is -0.504 e. The topological polar surface area (TPSA) is 38.0 Å². The third-order valence-corrected chi connectivity index (χ3v) is 3.70. The van der Waals surface area contributed by atoms with E-state index in [1.54, 1.807) is 0 Å². The number of hydrogen-bond donors (Lipinski definition) is 1. The third kappa shape index (κ3) is 3.46. The Labute approximate surface area is 127 Å². The molecule has 0 aliphatic heterocycles. The molecular weight excluding hydrogens is 260 g/mol. The molecule has 0 fully saturated rings. The molecule has 1 heterocycles. The highest BCUT2D eigenvalue weighted by molar-refractivity contribution is 5.70. The van der Waals surface area contributed by atoms with Crippen molar-refractivity contribution in [3.63, 3.8) is 0 Å². The van der Waals surface area contributed by atoms with E-state index < -0.39 is 0 Å². The molecule has 1 N–H and O–H groups in total. The number of benzene rings is 1. The Morgan fingerprint density at radius 3 is 2.57 bits per heavy atom. The second-order valence-electron chi connectivity index (χ2n) is 6.14. The summed E-state index contributed by atoms with van der Waals surface area (Å²) in [4.78, 5) is 0. The summed E-state index contributed by atoms with van der Waals surface area (Å²) >= 11 is 0. The van der Waals surface area contributed by atoms with Crippen molar-refractivity contribution in [1.82, 2.24) is 9.78 Å². The molecule has 2 rings (SSSR count). The van der Waals surface area contributed by atoms with Crippen LogP contribution in [0, 0.1) is 12.8 Å². The Hall–Kier alpha value is -1.77. The SMILES string of the molecule is CCCCc1nn(CC(C)C)c(-c2ccccc2C)c1O. The molecule has 3 nitrogen and oxygen atoms in total. The lowest BCUT2D eigenvalue weighted by Gasteiger charge is -2.11. The average molecular weight is 286 g/mol. The largest absolute Gasteiger partial charge is 0.504 e. The van der Waals surface area contributed by atoms with Gasteiger partial charge in [-0.15, -0.1) is 0 Å². The normalized spacial score (nSPS) is 11.3. The first-order chi connectivity index (χ1) is 10.0. The second kappa shape index (κ2) is 6.79. The smallest absolute Gasteiger partial charge is 0.164 e. The van der Waals surface area contributed by atoms with E-state index in [9.17, 15) is 5.11 Å². The Morgan fingerprint density at radius 1 is 1.24 bits per heavy atom. The van der Waals surface area contributed by atoms with E-state index in [0.717, 1.165) is 42.8 Å². The Bertz CT molecular complexity index is 599. The predicted molar refractivity (Wildman–Crippen MR) is 87.5 cm³/mol. The van der Waals surface area contributed by atoms with Crippen molar-refractivity contribution in [2.75, 3.05) is 0 Å². The summed E-state index contributed by atoms with van der Waals surface area (Å²) in [5.41, 5.74) is 3.94. The zero-order chi connectivity index (χ0) is 15.4. The van der Waals surface area contributed by atoms with E-state index in [4.69, 9.17) is 0 Å². The highest BCUT2D eigenvalue weighted by atomic mass is 16.3. The molecule has 0 amide bonds. The molecule has 3 heteroatoms. The van der Waals surface area contributed by atoms with Crippen molar-refractivity contribution in [3.8, 4) is 17.0 Å². The number of unbranched alkanes of at least 4 members (excludes halogenated alkanes) is 1. The van der Waals surface area contributed by atoms with Gasteiger partial charge in [-0.25, -0.2) is 0 Å². The minimum absolute atomic E-state index is 0.360. The van der Waals surface area contributed by atoms with Crippen LogP contribution in [0.1, 0.15) is 44.9 Å². The van der Waals surface area contributed by atoms with Gasteiger partial charge in [0, 0.05) is 12.1 Å². The summed E-state index contributed by atoms with van der Waals surface area (Å²) in [6.07, 6.45) is 3.00. The molecule has 0 atom stereocenters. The molecule has 114 valence electrons. The van der Waals surface area contributed by atoms with Crippen molar-refractivity contribution in [1.29, 1.82) is 0 Å². The molecule has 0 saturated carbocycles. The zero-order valence-corrected chi connectivity index (χ0v) is 13.6. The van der Waals surface area contributed by atoms with Gasteiger partial charge < -0.3 is 5.11 Å². The highest BCUT2D eigenvalue weighted by Gasteiger charge is 2.20. The fourth-order valence-corrected chi connectivity index (χ4v) is 2.60. The monoisotopic (exact) mass is 286 g/mol. The molecule has 0 bridgehead atoms. The lowest BCUT2D eigenvalue weighted by atomic mass is 10.0. The van der Waals surface area contributed by atoms with Crippen LogP contribution in [-0.2, 0) is 13.0 Å². The number of hydrogen-bond acceptors (Lipinski definition) is 2. The molecule has 2 aromatic rings. The third-order valence-electron chi connectivity index (χ3n) is 3.70. The number of rotatable bonds is 6. The molecule has 0 aliphatic carbocycles. The summed E-state index contributed by atoms with van der Waals surface area (Å²) in [6, 6.07) is 8.18. The van der Waals surface area contributed by atoms with Gasteiger partial charge in [-0.2, -0.15) is 5.10 Å².